The summed E-state index contributed by atoms with van der Waals surface area (Å²) in [6.07, 6.45) is 0. The lowest BCUT2D eigenvalue weighted by Crippen LogP contribution is -2.91. The fourth-order valence-electron chi connectivity index (χ4n) is 2.97. The Morgan fingerprint density at radius 2 is 1.54 bits per heavy atom. The van der Waals surface area contributed by atoms with Crippen molar-refractivity contribution in [2.24, 2.45) is 0 Å². The summed E-state index contributed by atoms with van der Waals surface area (Å²) in [5, 5.41) is 7.36. The van der Waals surface area contributed by atoms with Crippen LogP contribution in [0, 0.1) is 0 Å². The monoisotopic (exact) mass is 319 g/mol. The Hall–Kier alpha value is -2.65. The maximum Gasteiger partial charge on any atom is 0.282 e. The Labute approximate surface area is 142 Å². The number of nitrogens with one attached hydrogen (secondary N) is 1. The van der Waals surface area contributed by atoms with Crippen LogP contribution in [-0.4, -0.2) is 11.9 Å². The molecule has 0 heterocycles. The van der Waals surface area contributed by atoms with Crippen LogP contribution >= 0.6 is 0 Å². The number of fused-ring (bicyclic) bond motifs is 1. The van der Waals surface area contributed by atoms with E-state index in [1.165, 1.54) is 5.56 Å². The molecule has 0 aliphatic carbocycles. The molecule has 0 spiro atoms. The van der Waals surface area contributed by atoms with Crippen molar-refractivity contribution < 1.29 is 10.1 Å². The molecule has 2 atom stereocenters. The normalized spacial score (nSPS) is 13.4. The van der Waals surface area contributed by atoms with E-state index in [1.807, 2.05) is 55.5 Å². The van der Waals surface area contributed by atoms with E-state index in [1.54, 1.807) is 0 Å². The molecular weight excluding hydrogens is 296 g/mol. The predicted molar refractivity (Wildman–Crippen MR) is 98.8 cm³/mol. The molecule has 0 aliphatic heterocycles. The van der Waals surface area contributed by atoms with Gasteiger partial charge in [0.2, 0.25) is 0 Å². The molecule has 3 aromatic carbocycles. The fraction of sp³-hybridized carbons (Fsp3) is 0.190. The highest BCUT2D eigenvalue weighted by Crippen LogP contribution is 2.22. The van der Waals surface area contributed by atoms with Gasteiger partial charge >= 0.3 is 0 Å². The summed E-state index contributed by atoms with van der Waals surface area (Å²) >= 11 is 0. The molecule has 3 rings (SSSR count). The van der Waals surface area contributed by atoms with Gasteiger partial charge in [-0.25, -0.2) is 0 Å². The Morgan fingerprint density at radius 1 is 0.875 bits per heavy atom. The lowest BCUT2D eigenvalue weighted by atomic mass is 10.1. The maximum atomic E-state index is 12.6. The van der Waals surface area contributed by atoms with Crippen LogP contribution in [-0.2, 0) is 4.79 Å². The van der Waals surface area contributed by atoms with Gasteiger partial charge < -0.3 is 10.6 Å². The number of carbonyl (C=O) groups is 1. The topological polar surface area (TPSA) is 45.7 Å². The van der Waals surface area contributed by atoms with Crippen LogP contribution in [0.2, 0.25) is 0 Å². The molecule has 3 aromatic rings. The predicted octanol–water partition coefficient (Wildman–Crippen LogP) is 3.49. The van der Waals surface area contributed by atoms with Crippen LogP contribution in [0.1, 0.15) is 25.5 Å². The number of carbonyl (C=O) groups excluding carboxylic acids is 1. The average molecular weight is 319 g/mol. The first-order valence-electron chi connectivity index (χ1n) is 8.33. The summed E-state index contributed by atoms with van der Waals surface area (Å²) in [5.41, 5.74) is 2.09. The largest absolute Gasteiger partial charge is 0.330 e. The number of amides is 1. The molecule has 0 saturated heterocycles. The van der Waals surface area contributed by atoms with Gasteiger partial charge in [-0.05, 0) is 25.3 Å². The zero-order chi connectivity index (χ0) is 16.9. The summed E-state index contributed by atoms with van der Waals surface area (Å²) in [6, 6.07) is 24.4. The number of nitrogens with two attached hydrogens (primary N) is 1. The number of hydrogen-bond donors (Lipinski definition) is 2. The zero-order valence-corrected chi connectivity index (χ0v) is 14.1. The summed E-state index contributed by atoms with van der Waals surface area (Å²) in [5.74, 6) is 0.0223. The molecular formula is C21H23N2O+. The van der Waals surface area contributed by atoms with Crippen molar-refractivity contribution >= 4 is 22.4 Å². The summed E-state index contributed by atoms with van der Waals surface area (Å²) < 4.78 is 0. The highest BCUT2D eigenvalue weighted by atomic mass is 16.2. The van der Waals surface area contributed by atoms with Gasteiger partial charge in [0.1, 0.15) is 6.04 Å². The summed E-state index contributed by atoms with van der Waals surface area (Å²) in [7, 11) is 0. The van der Waals surface area contributed by atoms with Crippen molar-refractivity contribution in [1.29, 1.82) is 0 Å². The molecule has 0 unspecified atom stereocenters. The molecule has 3 N–H and O–H groups in total. The minimum Gasteiger partial charge on any atom is -0.330 e. The van der Waals surface area contributed by atoms with Crippen molar-refractivity contribution in [1.82, 2.24) is 0 Å². The van der Waals surface area contributed by atoms with E-state index < -0.39 is 0 Å². The van der Waals surface area contributed by atoms with Crippen molar-refractivity contribution in [3.63, 3.8) is 0 Å². The molecule has 0 aromatic heterocycles. The molecule has 0 radical (unpaired) electrons. The molecule has 122 valence electrons. The van der Waals surface area contributed by atoms with Crippen LogP contribution in [0.15, 0.2) is 72.8 Å². The van der Waals surface area contributed by atoms with Gasteiger partial charge in [-0.15, -0.1) is 0 Å². The van der Waals surface area contributed by atoms with E-state index in [-0.39, 0.29) is 18.0 Å². The van der Waals surface area contributed by atoms with E-state index in [4.69, 9.17) is 0 Å². The van der Waals surface area contributed by atoms with Crippen molar-refractivity contribution in [3.05, 3.63) is 78.4 Å². The smallest absolute Gasteiger partial charge is 0.282 e. The Bertz CT molecular complexity index is 824. The highest BCUT2D eigenvalue weighted by Gasteiger charge is 2.20. The molecule has 24 heavy (non-hydrogen) atoms. The van der Waals surface area contributed by atoms with Crippen molar-refractivity contribution in [3.8, 4) is 0 Å². The molecule has 1 amide bonds. The van der Waals surface area contributed by atoms with Gasteiger partial charge in [0.15, 0.2) is 6.04 Å². The second kappa shape index (κ2) is 7.28. The van der Waals surface area contributed by atoms with Gasteiger partial charge in [0, 0.05) is 16.6 Å². The van der Waals surface area contributed by atoms with E-state index in [9.17, 15) is 4.79 Å². The second-order valence-electron chi connectivity index (χ2n) is 6.20. The number of hydrogen-bond acceptors (Lipinski definition) is 1. The summed E-state index contributed by atoms with van der Waals surface area (Å²) in [6.45, 7) is 4.07. The fourth-order valence-corrected chi connectivity index (χ4v) is 2.97. The number of rotatable bonds is 5. The van der Waals surface area contributed by atoms with Gasteiger partial charge in [-0.3, -0.25) is 4.79 Å². The Kier molecular flexibility index (Phi) is 4.92. The molecule has 0 fully saturated rings. The van der Waals surface area contributed by atoms with Gasteiger partial charge in [0.25, 0.3) is 5.91 Å². The molecule has 3 heteroatoms. The third-order valence-corrected chi connectivity index (χ3v) is 4.36. The number of benzene rings is 3. The van der Waals surface area contributed by atoms with Crippen LogP contribution in [0.25, 0.3) is 10.8 Å². The van der Waals surface area contributed by atoms with Crippen LogP contribution in [0.3, 0.4) is 0 Å². The number of quaternary nitrogens is 1. The van der Waals surface area contributed by atoms with Crippen LogP contribution in [0.4, 0.5) is 5.69 Å². The minimum absolute atomic E-state index is 0.0223. The lowest BCUT2D eigenvalue weighted by Gasteiger charge is -2.17. The van der Waals surface area contributed by atoms with E-state index in [0.717, 1.165) is 16.5 Å². The first-order valence-corrected chi connectivity index (χ1v) is 8.33. The second-order valence-corrected chi connectivity index (χ2v) is 6.20. The van der Waals surface area contributed by atoms with Gasteiger partial charge in [0.05, 0.1) is 0 Å². The maximum absolute atomic E-state index is 12.6. The third-order valence-electron chi connectivity index (χ3n) is 4.36. The molecule has 0 saturated carbocycles. The third kappa shape index (κ3) is 3.63. The quantitative estimate of drug-likeness (QED) is 0.743. The minimum atomic E-state index is -0.167. The SMILES string of the molecule is C[C@H]([NH2+][C@H](C)c1ccccc1)C(=O)Nc1cccc2ccccc12. The van der Waals surface area contributed by atoms with Crippen molar-refractivity contribution in [2.75, 3.05) is 5.32 Å². The van der Waals surface area contributed by atoms with E-state index in [2.05, 4.69) is 41.8 Å². The highest BCUT2D eigenvalue weighted by molar-refractivity contribution is 6.03. The lowest BCUT2D eigenvalue weighted by molar-refractivity contribution is -0.709. The first-order chi connectivity index (χ1) is 11.6. The van der Waals surface area contributed by atoms with Crippen LogP contribution in [0.5, 0.6) is 0 Å². The van der Waals surface area contributed by atoms with E-state index in [0.29, 0.717) is 0 Å². The van der Waals surface area contributed by atoms with E-state index >= 15 is 0 Å². The van der Waals surface area contributed by atoms with Gasteiger partial charge in [-0.2, -0.15) is 0 Å². The molecule has 0 aliphatic rings. The standard InChI is InChI=1S/C21H22N2O/c1-15(17-9-4-3-5-10-17)22-16(2)21(24)23-20-14-8-12-18-11-6-7-13-19(18)20/h3-16,22H,1-2H3,(H,23,24)/p+1/t15-,16+/m1/s1. The average Bonchev–Trinajstić information content (AvgIpc) is 2.62. The van der Waals surface area contributed by atoms with Crippen molar-refractivity contribution in [2.45, 2.75) is 25.9 Å². The zero-order valence-electron chi connectivity index (χ0n) is 14.1. The van der Waals surface area contributed by atoms with Crippen LogP contribution < -0.4 is 10.6 Å². The summed E-state index contributed by atoms with van der Waals surface area (Å²) in [4.78, 5) is 12.6. The molecule has 3 nitrogen and oxygen atoms in total. The van der Waals surface area contributed by atoms with Gasteiger partial charge in [-0.1, -0.05) is 66.7 Å². The Balaban J connectivity index is 1.70. The molecule has 0 bridgehead atoms. The first kappa shape index (κ1) is 16.2. The number of anilines is 1. The Morgan fingerprint density at radius 3 is 2.33 bits per heavy atom.